The van der Waals surface area contributed by atoms with Gasteiger partial charge in [-0.15, -0.1) is 0 Å². The van der Waals surface area contributed by atoms with E-state index in [1.165, 1.54) is 4.52 Å². The van der Waals surface area contributed by atoms with Gasteiger partial charge >= 0.3 is 0 Å². The summed E-state index contributed by atoms with van der Waals surface area (Å²) in [6, 6.07) is 0. The third kappa shape index (κ3) is 1.71. The van der Waals surface area contributed by atoms with E-state index in [2.05, 4.69) is 15.1 Å². The molecule has 0 aliphatic carbocycles. The third-order valence-electron chi connectivity index (χ3n) is 2.38. The quantitative estimate of drug-likeness (QED) is 0.886. The van der Waals surface area contributed by atoms with Crippen molar-refractivity contribution in [2.45, 2.75) is 33.1 Å². The number of aryl methyl sites for hydroxylation is 2. The predicted octanol–water partition coefficient (Wildman–Crippen LogP) is 1.59. The van der Waals surface area contributed by atoms with E-state index < -0.39 is 0 Å². The van der Waals surface area contributed by atoms with Gasteiger partial charge in [-0.25, -0.2) is 4.98 Å². The van der Waals surface area contributed by atoms with Gasteiger partial charge < -0.3 is 0 Å². The van der Waals surface area contributed by atoms with Crippen molar-refractivity contribution in [2.75, 3.05) is 0 Å². The van der Waals surface area contributed by atoms with Crippen LogP contribution in [0.2, 0.25) is 5.02 Å². The van der Waals surface area contributed by atoms with E-state index in [4.69, 9.17) is 11.6 Å². The Bertz CT molecular complexity index is 572. The van der Waals surface area contributed by atoms with E-state index in [-0.39, 0.29) is 10.6 Å². The highest BCUT2D eigenvalue weighted by Gasteiger charge is 2.12. The van der Waals surface area contributed by atoms with Crippen LogP contribution < -0.4 is 5.56 Å². The SMILES string of the molecule is CCCc1nc2nc(CC)[nH]n2c(=O)c1Cl. The van der Waals surface area contributed by atoms with Crippen molar-refractivity contribution in [3.05, 3.63) is 26.9 Å². The highest BCUT2D eigenvalue weighted by atomic mass is 35.5. The number of rotatable bonds is 3. The second kappa shape index (κ2) is 4.25. The molecule has 0 fully saturated rings. The van der Waals surface area contributed by atoms with E-state index in [1.807, 2.05) is 13.8 Å². The first-order chi connectivity index (χ1) is 7.67. The molecule has 1 N–H and O–H groups in total. The first-order valence-corrected chi connectivity index (χ1v) is 5.71. The van der Waals surface area contributed by atoms with Crippen LogP contribution in [0.5, 0.6) is 0 Å². The molecule has 2 aromatic heterocycles. The lowest BCUT2D eigenvalue weighted by molar-refractivity contribution is 0.824. The molecule has 0 atom stereocenters. The average molecular weight is 241 g/mol. The van der Waals surface area contributed by atoms with Crippen LogP contribution in [0.3, 0.4) is 0 Å². The van der Waals surface area contributed by atoms with E-state index in [9.17, 15) is 4.79 Å². The Morgan fingerprint density at radius 1 is 1.38 bits per heavy atom. The minimum Gasteiger partial charge on any atom is -0.275 e. The molecule has 2 aromatic rings. The fourth-order valence-electron chi connectivity index (χ4n) is 1.54. The molecule has 0 amide bonds. The van der Waals surface area contributed by atoms with Gasteiger partial charge in [-0.3, -0.25) is 9.89 Å². The number of aromatic amines is 1. The van der Waals surface area contributed by atoms with Gasteiger partial charge in [-0.2, -0.15) is 9.50 Å². The maximum absolute atomic E-state index is 11.9. The summed E-state index contributed by atoms with van der Waals surface area (Å²) in [7, 11) is 0. The fraction of sp³-hybridized carbons (Fsp3) is 0.500. The number of hydrogen-bond acceptors (Lipinski definition) is 3. The number of nitrogens with zero attached hydrogens (tertiary/aromatic N) is 3. The van der Waals surface area contributed by atoms with E-state index >= 15 is 0 Å². The Hall–Kier alpha value is -1.36. The van der Waals surface area contributed by atoms with Crippen molar-refractivity contribution in [1.29, 1.82) is 0 Å². The van der Waals surface area contributed by atoms with Crippen molar-refractivity contribution >= 4 is 17.4 Å². The van der Waals surface area contributed by atoms with Gasteiger partial charge in [0.15, 0.2) is 0 Å². The molecule has 0 aliphatic heterocycles. The second-order valence-electron chi connectivity index (χ2n) is 3.59. The highest BCUT2D eigenvalue weighted by Crippen LogP contribution is 2.11. The minimum absolute atomic E-state index is 0.186. The van der Waals surface area contributed by atoms with E-state index in [1.54, 1.807) is 0 Å². The summed E-state index contributed by atoms with van der Waals surface area (Å²) in [6.07, 6.45) is 2.32. The third-order valence-corrected chi connectivity index (χ3v) is 2.76. The first kappa shape index (κ1) is 11.1. The number of aromatic nitrogens is 4. The molecule has 0 spiro atoms. The summed E-state index contributed by atoms with van der Waals surface area (Å²) in [5, 5.41) is 3.06. The van der Waals surface area contributed by atoms with Gasteiger partial charge in [-0.05, 0) is 6.42 Å². The van der Waals surface area contributed by atoms with Crippen LogP contribution >= 0.6 is 11.6 Å². The molecule has 0 bridgehead atoms. The van der Waals surface area contributed by atoms with Gasteiger partial charge in [-0.1, -0.05) is 31.9 Å². The zero-order valence-corrected chi connectivity index (χ0v) is 10.0. The molecule has 0 unspecified atom stereocenters. The Kier molecular flexibility index (Phi) is 2.96. The molecule has 86 valence electrons. The molecular weight excluding hydrogens is 228 g/mol. The molecule has 0 radical (unpaired) electrons. The normalized spacial score (nSPS) is 11.2. The zero-order valence-electron chi connectivity index (χ0n) is 9.25. The Labute approximate surface area is 97.5 Å². The summed E-state index contributed by atoms with van der Waals surface area (Å²) in [5.41, 5.74) is 0.352. The fourth-order valence-corrected chi connectivity index (χ4v) is 1.76. The van der Waals surface area contributed by atoms with Crippen LogP contribution in [0, 0.1) is 0 Å². The second-order valence-corrected chi connectivity index (χ2v) is 3.96. The Morgan fingerprint density at radius 3 is 2.75 bits per heavy atom. The van der Waals surface area contributed by atoms with Gasteiger partial charge in [0.2, 0.25) is 0 Å². The van der Waals surface area contributed by atoms with Crippen LogP contribution in [0.25, 0.3) is 5.78 Å². The Balaban J connectivity index is 2.70. The lowest BCUT2D eigenvalue weighted by Crippen LogP contribution is -2.18. The number of nitrogens with one attached hydrogen (secondary N) is 1. The highest BCUT2D eigenvalue weighted by molar-refractivity contribution is 6.31. The predicted molar refractivity (Wildman–Crippen MR) is 62.0 cm³/mol. The summed E-state index contributed by atoms with van der Waals surface area (Å²) < 4.78 is 1.29. The van der Waals surface area contributed by atoms with Crippen molar-refractivity contribution in [2.24, 2.45) is 0 Å². The van der Waals surface area contributed by atoms with Crippen molar-refractivity contribution < 1.29 is 0 Å². The van der Waals surface area contributed by atoms with Gasteiger partial charge in [0.25, 0.3) is 11.3 Å². The van der Waals surface area contributed by atoms with Crippen LogP contribution in [0.4, 0.5) is 0 Å². The largest absolute Gasteiger partial charge is 0.293 e. The molecule has 0 saturated heterocycles. The van der Waals surface area contributed by atoms with Gasteiger partial charge in [0.1, 0.15) is 10.8 Å². The maximum Gasteiger partial charge on any atom is 0.293 e. The minimum atomic E-state index is -0.276. The molecule has 5 nitrogen and oxygen atoms in total. The van der Waals surface area contributed by atoms with Crippen molar-refractivity contribution in [3.63, 3.8) is 0 Å². The van der Waals surface area contributed by atoms with Crippen molar-refractivity contribution in [1.82, 2.24) is 19.6 Å². The lowest BCUT2D eigenvalue weighted by atomic mass is 10.2. The monoisotopic (exact) mass is 240 g/mol. The summed E-state index contributed by atoms with van der Waals surface area (Å²) in [6.45, 7) is 3.97. The average Bonchev–Trinajstić information content (AvgIpc) is 2.69. The molecule has 6 heteroatoms. The molecule has 0 aromatic carbocycles. The standard InChI is InChI=1S/C10H13ClN4O/c1-3-5-6-8(11)9(16)15-10(12-6)13-7(4-2)14-15/h3-5H2,1-2H3,(H,12,13,14). The lowest BCUT2D eigenvalue weighted by Gasteiger charge is -2.00. The molecule has 2 rings (SSSR count). The van der Waals surface area contributed by atoms with E-state index in [0.717, 1.165) is 18.7 Å². The first-order valence-electron chi connectivity index (χ1n) is 5.33. The van der Waals surface area contributed by atoms with Crippen LogP contribution in [0.15, 0.2) is 4.79 Å². The molecule has 0 aliphatic rings. The number of H-pyrrole nitrogens is 1. The molecule has 16 heavy (non-hydrogen) atoms. The van der Waals surface area contributed by atoms with Crippen LogP contribution in [-0.4, -0.2) is 19.6 Å². The summed E-state index contributed by atoms with van der Waals surface area (Å²) in [4.78, 5) is 20.4. The number of hydrogen-bond donors (Lipinski definition) is 1. The summed E-state index contributed by atoms with van der Waals surface area (Å²) in [5.74, 6) is 1.13. The maximum atomic E-state index is 11.9. The smallest absolute Gasteiger partial charge is 0.275 e. The van der Waals surface area contributed by atoms with E-state index in [0.29, 0.717) is 17.9 Å². The zero-order chi connectivity index (χ0) is 11.7. The van der Waals surface area contributed by atoms with Gasteiger partial charge in [0, 0.05) is 6.42 Å². The number of fused-ring (bicyclic) bond motifs is 1. The van der Waals surface area contributed by atoms with Crippen LogP contribution in [-0.2, 0) is 12.8 Å². The summed E-state index contributed by atoms with van der Waals surface area (Å²) >= 11 is 5.96. The molecule has 0 saturated carbocycles. The molecule has 2 heterocycles. The van der Waals surface area contributed by atoms with Gasteiger partial charge in [0.05, 0.1) is 5.69 Å². The van der Waals surface area contributed by atoms with Crippen LogP contribution in [0.1, 0.15) is 31.8 Å². The Morgan fingerprint density at radius 2 is 2.12 bits per heavy atom. The van der Waals surface area contributed by atoms with Crippen molar-refractivity contribution in [3.8, 4) is 0 Å². The molecular formula is C10H13ClN4O. The topological polar surface area (TPSA) is 63.1 Å². The number of halogens is 1.